The molecule has 3 heterocycles. The lowest BCUT2D eigenvalue weighted by atomic mass is 10.1. The molecular formula is C21H33N9. The first-order chi connectivity index (χ1) is 14.2. The molecule has 0 saturated carbocycles. The van der Waals surface area contributed by atoms with Crippen LogP contribution in [0.5, 0.6) is 0 Å². The average Bonchev–Trinajstić information content (AvgIpc) is 3.25. The molecule has 0 aliphatic rings. The smallest absolute Gasteiger partial charge is 0.200 e. The Kier molecular flexibility index (Phi) is 6.81. The van der Waals surface area contributed by atoms with E-state index in [1.165, 1.54) is 0 Å². The molecule has 0 unspecified atom stereocenters. The van der Waals surface area contributed by atoms with Crippen molar-refractivity contribution < 1.29 is 0 Å². The molecule has 0 amide bonds. The standard InChI is InChI=1S/C21H33N9/c1-21(2,3)24-16-8-10-18(22-14-16)20-23-19(11-9-17-15-29(6)27-25-17)30(26-20)13-7-12-28(4)5/h8,10,14-15,24H,7,9,11-13H2,1-6H3. The van der Waals surface area contributed by atoms with E-state index in [0.29, 0.717) is 5.82 Å². The molecule has 0 aliphatic carbocycles. The maximum atomic E-state index is 4.80. The van der Waals surface area contributed by atoms with E-state index < -0.39 is 0 Å². The van der Waals surface area contributed by atoms with E-state index in [0.717, 1.165) is 55.3 Å². The van der Waals surface area contributed by atoms with Crippen LogP contribution in [0.4, 0.5) is 5.69 Å². The third kappa shape index (κ3) is 6.35. The fourth-order valence-corrected chi connectivity index (χ4v) is 3.17. The number of nitrogens with one attached hydrogen (secondary N) is 1. The van der Waals surface area contributed by atoms with Gasteiger partial charge in [0, 0.05) is 38.2 Å². The van der Waals surface area contributed by atoms with Crippen LogP contribution in [0.3, 0.4) is 0 Å². The van der Waals surface area contributed by atoms with E-state index in [9.17, 15) is 0 Å². The van der Waals surface area contributed by atoms with Crippen molar-refractivity contribution in [1.82, 2.24) is 39.6 Å². The van der Waals surface area contributed by atoms with E-state index in [2.05, 4.69) is 60.4 Å². The number of nitrogens with zero attached hydrogens (tertiary/aromatic N) is 8. The first kappa shape index (κ1) is 21.9. The summed E-state index contributed by atoms with van der Waals surface area (Å²) in [4.78, 5) is 11.6. The van der Waals surface area contributed by atoms with Crippen LogP contribution in [-0.2, 0) is 26.4 Å². The molecule has 0 spiro atoms. The van der Waals surface area contributed by atoms with Gasteiger partial charge in [-0.1, -0.05) is 5.21 Å². The number of aryl methyl sites for hydroxylation is 4. The van der Waals surface area contributed by atoms with Gasteiger partial charge in [-0.3, -0.25) is 9.67 Å². The van der Waals surface area contributed by atoms with Crippen molar-refractivity contribution in [1.29, 1.82) is 0 Å². The second-order valence-electron chi connectivity index (χ2n) is 8.92. The highest BCUT2D eigenvalue weighted by Gasteiger charge is 2.15. The summed E-state index contributed by atoms with van der Waals surface area (Å²) in [6.07, 6.45) is 6.33. The zero-order valence-electron chi connectivity index (χ0n) is 18.9. The van der Waals surface area contributed by atoms with Crippen LogP contribution in [-0.4, -0.2) is 65.8 Å². The Balaban J connectivity index is 1.77. The average molecular weight is 412 g/mol. The van der Waals surface area contributed by atoms with Gasteiger partial charge in [-0.05, 0) is 60.0 Å². The number of anilines is 1. The monoisotopic (exact) mass is 411 g/mol. The third-order valence-electron chi connectivity index (χ3n) is 4.49. The van der Waals surface area contributed by atoms with Crippen molar-refractivity contribution in [2.45, 2.75) is 52.1 Å². The van der Waals surface area contributed by atoms with Crippen molar-refractivity contribution in [3.05, 3.63) is 36.0 Å². The van der Waals surface area contributed by atoms with Crippen LogP contribution in [0.1, 0.15) is 38.7 Å². The van der Waals surface area contributed by atoms with Crippen LogP contribution in [0.2, 0.25) is 0 Å². The van der Waals surface area contributed by atoms with Crippen LogP contribution in [0.15, 0.2) is 24.5 Å². The molecule has 3 aromatic rings. The second-order valence-corrected chi connectivity index (χ2v) is 8.92. The van der Waals surface area contributed by atoms with Gasteiger partial charge in [-0.2, -0.15) is 0 Å². The van der Waals surface area contributed by atoms with E-state index >= 15 is 0 Å². The van der Waals surface area contributed by atoms with Gasteiger partial charge in [0.15, 0.2) is 5.82 Å². The van der Waals surface area contributed by atoms with Crippen LogP contribution < -0.4 is 5.32 Å². The van der Waals surface area contributed by atoms with Gasteiger partial charge in [-0.25, -0.2) is 9.67 Å². The first-order valence-electron chi connectivity index (χ1n) is 10.4. The summed E-state index contributed by atoms with van der Waals surface area (Å²) in [5.74, 6) is 1.62. The van der Waals surface area contributed by atoms with Crippen molar-refractivity contribution in [3.8, 4) is 11.5 Å². The second kappa shape index (κ2) is 9.34. The Morgan fingerprint density at radius 3 is 2.53 bits per heavy atom. The highest BCUT2D eigenvalue weighted by Crippen LogP contribution is 2.19. The maximum absolute atomic E-state index is 4.80. The largest absolute Gasteiger partial charge is 0.379 e. The molecule has 30 heavy (non-hydrogen) atoms. The Morgan fingerprint density at radius 1 is 1.13 bits per heavy atom. The third-order valence-corrected chi connectivity index (χ3v) is 4.49. The zero-order chi connectivity index (χ0) is 21.7. The first-order valence-corrected chi connectivity index (χ1v) is 10.4. The molecule has 0 fully saturated rings. The van der Waals surface area contributed by atoms with Gasteiger partial charge < -0.3 is 10.2 Å². The zero-order valence-corrected chi connectivity index (χ0v) is 18.9. The molecule has 0 bridgehead atoms. The van der Waals surface area contributed by atoms with Crippen LogP contribution >= 0.6 is 0 Å². The van der Waals surface area contributed by atoms with Crippen molar-refractivity contribution in [3.63, 3.8) is 0 Å². The Morgan fingerprint density at radius 2 is 1.93 bits per heavy atom. The SMILES string of the molecule is CN(C)CCCn1nc(-c2ccc(NC(C)(C)C)cn2)nc1CCc1cn(C)nn1. The Hall–Kier alpha value is -2.81. The van der Waals surface area contributed by atoms with Gasteiger partial charge in [-0.15, -0.1) is 10.2 Å². The van der Waals surface area contributed by atoms with Gasteiger partial charge in [0.2, 0.25) is 0 Å². The molecule has 1 N–H and O–H groups in total. The maximum Gasteiger partial charge on any atom is 0.200 e. The van der Waals surface area contributed by atoms with Gasteiger partial charge >= 0.3 is 0 Å². The lowest BCUT2D eigenvalue weighted by Crippen LogP contribution is -2.26. The molecule has 3 rings (SSSR count). The van der Waals surface area contributed by atoms with Gasteiger partial charge in [0.05, 0.1) is 17.6 Å². The molecule has 0 saturated heterocycles. The molecule has 3 aromatic heterocycles. The van der Waals surface area contributed by atoms with E-state index in [1.54, 1.807) is 4.68 Å². The predicted molar refractivity (Wildman–Crippen MR) is 118 cm³/mol. The lowest BCUT2D eigenvalue weighted by Gasteiger charge is -2.21. The predicted octanol–water partition coefficient (Wildman–Crippen LogP) is 2.42. The summed E-state index contributed by atoms with van der Waals surface area (Å²) in [6, 6.07) is 4.00. The molecule has 0 aromatic carbocycles. The Bertz CT molecular complexity index is 932. The Labute approximate surface area is 178 Å². The minimum absolute atomic E-state index is 0.0109. The molecule has 0 atom stereocenters. The van der Waals surface area contributed by atoms with E-state index in [-0.39, 0.29) is 5.54 Å². The number of pyridine rings is 1. The molecule has 0 aliphatic heterocycles. The fourth-order valence-electron chi connectivity index (χ4n) is 3.17. The summed E-state index contributed by atoms with van der Waals surface area (Å²) in [7, 11) is 6.04. The topological polar surface area (TPSA) is 89.6 Å². The lowest BCUT2D eigenvalue weighted by molar-refractivity contribution is 0.378. The van der Waals surface area contributed by atoms with Crippen molar-refractivity contribution in [2.75, 3.05) is 26.0 Å². The van der Waals surface area contributed by atoms with E-state index in [1.807, 2.05) is 36.3 Å². The fraction of sp³-hybridized carbons (Fsp3) is 0.571. The number of rotatable bonds is 9. The van der Waals surface area contributed by atoms with Crippen LogP contribution in [0.25, 0.3) is 11.5 Å². The molecule has 0 radical (unpaired) electrons. The van der Waals surface area contributed by atoms with Crippen molar-refractivity contribution in [2.24, 2.45) is 7.05 Å². The number of aromatic nitrogens is 7. The highest BCUT2D eigenvalue weighted by atomic mass is 15.4. The minimum atomic E-state index is -0.0109. The van der Waals surface area contributed by atoms with Crippen LogP contribution in [0, 0.1) is 0 Å². The highest BCUT2D eigenvalue weighted by molar-refractivity contribution is 5.54. The molecule has 9 heteroatoms. The molecule has 9 nitrogen and oxygen atoms in total. The number of hydrogen-bond acceptors (Lipinski definition) is 7. The summed E-state index contributed by atoms with van der Waals surface area (Å²) in [5.41, 5.74) is 2.71. The molecule has 162 valence electrons. The minimum Gasteiger partial charge on any atom is -0.379 e. The summed E-state index contributed by atoms with van der Waals surface area (Å²) in [5, 5.41) is 16.4. The normalized spacial score (nSPS) is 12.0. The van der Waals surface area contributed by atoms with Crippen molar-refractivity contribution >= 4 is 5.69 Å². The van der Waals surface area contributed by atoms with Gasteiger partial charge in [0.1, 0.15) is 11.5 Å². The summed E-state index contributed by atoms with van der Waals surface area (Å²) < 4.78 is 3.73. The molecular weight excluding hydrogens is 378 g/mol. The quantitative estimate of drug-likeness (QED) is 0.578. The number of hydrogen-bond donors (Lipinski definition) is 1. The van der Waals surface area contributed by atoms with Gasteiger partial charge in [0.25, 0.3) is 0 Å². The van der Waals surface area contributed by atoms with E-state index in [4.69, 9.17) is 10.1 Å². The summed E-state index contributed by atoms with van der Waals surface area (Å²) in [6.45, 7) is 8.21. The summed E-state index contributed by atoms with van der Waals surface area (Å²) >= 11 is 0.